The topological polar surface area (TPSA) is 71.1 Å². The molecule has 0 radical (unpaired) electrons. The number of carbonyl (C=O) groups excluding carboxylic acids is 2. The highest BCUT2D eigenvalue weighted by Crippen LogP contribution is 2.21. The molecule has 0 bridgehead atoms. The van der Waals surface area contributed by atoms with Crippen molar-refractivity contribution >= 4 is 23.2 Å². The largest absolute Gasteiger partial charge is 0.497 e. The molecule has 0 aliphatic carbocycles. The van der Waals surface area contributed by atoms with Gasteiger partial charge < -0.3 is 24.6 Å². The van der Waals surface area contributed by atoms with Crippen LogP contribution in [-0.2, 0) is 9.59 Å². The van der Waals surface area contributed by atoms with Crippen molar-refractivity contribution in [1.29, 1.82) is 0 Å². The summed E-state index contributed by atoms with van der Waals surface area (Å²) in [5, 5.41) is 2.78. The predicted octanol–water partition coefficient (Wildman–Crippen LogP) is 2.38. The van der Waals surface area contributed by atoms with E-state index in [2.05, 4.69) is 10.2 Å². The van der Waals surface area contributed by atoms with Gasteiger partial charge in [0.05, 0.1) is 7.11 Å². The van der Waals surface area contributed by atoms with Crippen LogP contribution in [0.25, 0.3) is 0 Å². The van der Waals surface area contributed by atoms with E-state index in [9.17, 15) is 9.59 Å². The van der Waals surface area contributed by atoms with Crippen molar-refractivity contribution in [3.63, 3.8) is 0 Å². The Kier molecular flexibility index (Phi) is 6.37. The van der Waals surface area contributed by atoms with E-state index in [0.717, 1.165) is 31.9 Å². The molecule has 1 heterocycles. The Morgan fingerprint density at radius 2 is 1.71 bits per heavy atom. The van der Waals surface area contributed by atoms with Crippen LogP contribution in [0.2, 0.25) is 0 Å². The lowest BCUT2D eigenvalue weighted by molar-refractivity contribution is -0.129. The first-order chi connectivity index (χ1) is 13.5. The zero-order valence-electron chi connectivity index (χ0n) is 16.2. The minimum Gasteiger partial charge on any atom is -0.497 e. The Balaban J connectivity index is 1.48. The van der Waals surface area contributed by atoms with Gasteiger partial charge in [-0.05, 0) is 36.4 Å². The SMILES string of the molecule is COc1cccc(NC(=O)COc2ccc(N3CCN(C(C)=O)CC3)cc2)c1. The third kappa shape index (κ3) is 5.16. The molecule has 1 N–H and O–H groups in total. The molecular weight excluding hydrogens is 358 g/mol. The van der Waals surface area contributed by atoms with E-state index in [4.69, 9.17) is 9.47 Å². The van der Waals surface area contributed by atoms with Gasteiger partial charge >= 0.3 is 0 Å². The fraction of sp³-hybridized carbons (Fsp3) is 0.333. The molecule has 2 aromatic rings. The van der Waals surface area contributed by atoms with Crippen LogP contribution < -0.4 is 19.7 Å². The third-order valence-corrected chi connectivity index (χ3v) is 4.65. The Hall–Kier alpha value is -3.22. The van der Waals surface area contributed by atoms with Crippen LogP contribution in [-0.4, -0.2) is 56.6 Å². The van der Waals surface area contributed by atoms with Gasteiger partial charge in [-0.25, -0.2) is 0 Å². The number of rotatable bonds is 6. The van der Waals surface area contributed by atoms with Crippen LogP contribution in [0.15, 0.2) is 48.5 Å². The molecule has 3 rings (SSSR count). The summed E-state index contributed by atoms with van der Waals surface area (Å²) in [5.74, 6) is 1.19. The number of ether oxygens (including phenoxy) is 2. The van der Waals surface area contributed by atoms with E-state index >= 15 is 0 Å². The molecule has 2 amide bonds. The van der Waals surface area contributed by atoms with Crippen LogP contribution in [0.3, 0.4) is 0 Å². The molecule has 148 valence electrons. The number of methoxy groups -OCH3 is 1. The van der Waals surface area contributed by atoms with Crippen molar-refractivity contribution in [1.82, 2.24) is 4.90 Å². The molecule has 0 unspecified atom stereocenters. The van der Waals surface area contributed by atoms with E-state index in [1.807, 2.05) is 41.3 Å². The second kappa shape index (κ2) is 9.12. The Morgan fingerprint density at radius 1 is 1.00 bits per heavy atom. The molecule has 0 atom stereocenters. The average Bonchev–Trinajstić information content (AvgIpc) is 2.73. The lowest BCUT2D eigenvalue weighted by Gasteiger charge is -2.35. The number of carbonyl (C=O) groups is 2. The van der Waals surface area contributed by atoms with Crippen molar-refractivity contribution in [3.05, 3.63) is 48.5 Å². The molecule has 1 aliphatic rings. The molecule has 0 spiro atoms. The van der Waals surface area contributed by atoms with Gasteiger partial charge in [-0.2, -0.15) is 0 Å². The van der Waals surface area contributed by atoms with Gasteiger partial charge in [-0.3, -0.25) is 9.59 Å². The smallest absolute Gasteiger partial charge is 0.262 e. The summed E-state index contributed by atoms with van der Waals surface area (Å²) in [6.45, 7) is 4.61. The number of anilines is 2. The molecule has 28 heavy (non-hydrogen) atoms. The second-order valence-electron chi connectivity index (χ2n) is 6.56. The van der Waals surface area contributed by atoms with Crippen molar-refractivity contribution in [3.8, 4) is 11.5 Å². The molecular formula is C21H25N3O4. The van der Waals surface area contributed by atoms with Gasteiger partial charge in [0.25, 0.3) is 5.91 Å². The van der Waals surface area contributed by atoms with E-state index in [1.165, 1.54) is 0 Å². The highest BCUT2D eigenvalue weighted by molar-refractivity contribution is 5.92. The quantitative estimate of drug-likeness (QED) is 0.829. The molecule has 1 aliphatic heterocycles. The molecule has 0 saturated carbocycles. The standard InChI is InChI=1S/C21H25N3O4/c1-16(25)23-10-12-24(13-11-23)18-6-8-19(9-7-18)28-15-21(26)22-17-4-3-5-20(14-17)27-2/h3-9,14H,10-13,15H2,1-2H3,(H,22,26). The number of benzene rings is 2. The minimum atomic E-state index is -0.238. The van der Waals surface area contributed by atoms with Crippen LogP contribution >= 0.6 is 0 Å². The monoisotopic (exact) mass is 383 g/mol. The predicted molar refractivity (Wildman–Crippen MR) is 108 cm³/mol. The number of piperazine rings is 1. The van der Waals surface area contributed by atoms with Gasteiger partial charge in [0.2, 0.25) is 5.91 Å². The van der Waals surface area contributed by atoms with Crippen LogP contribution in [0.1, 0.15) is 6.92 Å². The maximum absolute atomic E-state index is 12.1. The molecule has 7 nitrogen and oxygen atoms in total. The molecule has 1 fully saturated rings. The van der Waals surface area contributed by atoms with Crippen molar-refractivity contribution in [2.45, 2.75) is 6.92 Å². The van der Waals surface area contributed by atoms with Gasteiger partial charge in [-0.15, -0.1) is 0 Å². The van der Waals surface area contributed by atoms with Crippen molar-refractivity contribution in [2.24, 2.45) is 0 Å². The Morgan fingerprint density at radius 3 is 2.36 bits per heavy atom. The highest BCUT2D eigenvalue weighted by atomic mass is 16.5. The van der Waals surface area contributed by atoms with Crippen molar-refractivity contribution in [2.75, 3.05) is 50.1 Å². The summed E-state index contributed by atoms with van der Waals surface area (Å²) in [4.78, 5) is 27.6. The van der Waals surface area contributed by atoms with E-state index in [1.54, 1.807) is 26.2 Å². The molecule has 7 heteroatoms. The summed E-state index contributed by atoms with van der Waals surface area (Å²) in [5.41, 5.74) is 1.74. The van der Waals surface area contributed by atoms with E-state index in [-0.39, 0.29) is 18.4 Å². The zero-order valence-corrected chi connectivity index (χ0v) is 16.2. The number of hydrogen-bond donors (Lipinski definition) is 1. The molecule has 2 aromatic carbocycles. The number of nitrogens with one attached hydrogen (secondary N) is 1. The maximum Gasteiger partial charge on any atom is 0.262 e. The van der Waals surface area contributed by atoms with Crippen LogP contribution in [0, 0.1) is 0 Å². The summed E-state index contributed by atoms with van der Waals surface area (Å²) >= 11 is 0. The van der Waals surface area contributed by atoms with Gasteiger partial charge in [0.1, 0.15) is 11.5 Å². The Labute approximate surface area is 164 Å². The number of hydrogen-bond acceptors (Lipinski definition) is 5. The fourth-order valence-electron chi connectivity index (χ4n) is 3.08. The summed E-state index contributed by atoms with van der Waals surface area (Å²) < 4.78 is 10.7. The second-order valence-corrected chi connectivity index (χ2v) is 6.56. The van der Waals surface area contributed by atoms with E-state index in [0.29, 0.717) is 17.2 Å². The molecule has 1 saturated heterocycles. The lowest BCUT2D eigenvalue weighted by Crippen LogP contribution is -2.48. The fourth-order valence-corrected chi connectivity index (χ4v) is 3.08. The normalized spacial score (nSPS) is 13.8. The van der Waals surface area contributed by atoms with Gasteiger partial charge in [0, 0.05) is 50.5 Å². The first-order valence-electron chi connectivity index (χ1n) is 9.22. The van der Waals surface area contributed by atoms with Gasteiger partial charge in [0.15, 0.2) is 6.61 Å². The van der Waals surface area contributed by atoms with Crippen molar-refractivity contribution < 1.29 is 19.1 Å². The number of nitrogens with zero attached hydrogens (tertiary/aromatic N) is 2. The van der Waals surface area contributed by atoms with Gasteiger partial charge in [-0.1, -0.05) is 6.07 Å². The summed E-state index contributed by atoms with van der Waals surface area (Å²) in [6.07, 6.45) is 0. The number of amides is 2. The van der Waals surface area contributed by atoms with Crippen LogP contribution in [0.5, 0.6) is 11.5 Å². The maximum atomic E-state index is 12.1. The highest BCUT2D eigenvalue weighted by Gasteiger charge is 2.18. The lowest BCUT2D eigenvalue weighted by atomic mass is 10.2. The summed E-state index contributed by atoms with van der Waals surface area (Å²) in [6, 6.07) is 14.8. The average molecular weight is 383 g/mol. The first-order valence-corrected chi connectivity index (χ1v) is 9.22. The Bertz CT molecular complexity index is 815. The first kappa shape index (κ1) is 19.5. The zero-order chi connectivity index (χ0) is 19.9. The summed E-state index contributed by atoms with van der Waals surface area (Å²) in [7, 11) is 1.58. The molecule has 0 aromatic heterocycles. The minimum absolute atomic E-state index is 0.0756. The van der Waals surface area contributed by atoms with Crippen LogP contribution in [0.4, 0.5) is 11.4 Å². The van der Waals surface area contributed by atoms with E-state index < -0.39 is 0 Å². The third-order valence-electron chi connectivity index (χ3n) is 4.65.